The molecule has 2 nitrogen and oxygen atoms in total. The van der Waals surface area contributed by atoms with Crippen LogP contribution in [0.5, 0.6) is 0 Å². The Kier molecular flexibility index (Phi) is 1.94. The Hall–Kier alpha value is -0.740. The molecule has 0 spiro atoms. The van der Waals surface area contributed by atoms with Crippen molar-refractivity contribution in [3.63, 3.8) is 0 Å². The summed E-state index contributed by atoms with van der Waals surface area (Å²) < 4.78 is 2.10. The van der Waals surface area contributed by atoms with Crippen LogP contribution in [0.2, 0.25) is 0 Å². The van der Waals surface area contributed by atoms with E-state index >= 15 is 0 Å². The van der Waals surface area contributed by atoms with Gasteiger partial charge < -0.3 is 0 Å². The first-order chi connectivity index (χ1) is 5.77. The minimum absolute atomic E-state index is 1.12. The lowest BCUT2D eigenvalue weighted by atomic mass is 10.6. The van der Waals surface area contributed by atoms with E-state index in [9.17, 15) is 0 Å². The molecule has 0 N–H and O–H groups in total. The molecule has 62 valence electrons. The molecule has 2 heterocycles. The predicted molar refractivity (Wildman–Crippen MR) is 51.3 cm³/mol. The Bertz CT molecular complexity index is 389. The lowest BCUT2D eigenvalue weighted by Crippen LogP contribution is -2.26. The van der Waals surface area contributed by atoms with Gasteiger partial charge >= 0.3 is 0 Å². The monoisotopic (exact) mass is 197 g/mol. The van der Waals surface area contributed by atoms with Gasteiger partial charge in [0.05, 0.1) is 5.38 Å². The number of aromatic nitrogens is 2. The molecule has 0 radical (unpaired) electrons. The van der Waals surface area contributed by atoms with Crippen molar-refractivity contribution in [1.82, 2.24) is 4.98 Å². The summed E-state index contributed by atoms with van der Waals surface area (Å²) >= 11 is 3.46. The van der Waals surface area contributed by atoms with Crippen molar-refractivity contribution in [1.29, 1.82) is 0 Å². The molecule has 0 aliphatic heterocycles. The fraction of sp³-hybridized carbons (Fsp3) is 0.250. The summed E-state index contributed by atoms with van der Waals surface area (Å²) in [5, 5.41) is 4.42. The number of thiazole rings is 2. The average Bonchev–Trinajstić information content (AvgIpc) is 2.58. The summed E-state index contributed by atoms with van der Waals surface area (Å²) in [6, 6.07) is 0. The van der Waals surface area contributed by atoms with Crippen molar-refractivity contribution >= 4 is 22.7 Å². The normalized spacial score (nSPS) is 10.5. The summed E-state index contributed by atoms with van der Waals surface area (Å²) in [6.07, 6.45) is 3.97. The Labute approximate surface area is 79.1 Å². The second-order valence-electron chi connectivity index (χ2n) is 2.60. The molecular formula is C8H9N2S2+. The summed E-state index contributed by atoms with van der Waals surface area (Å²) in [6.45, 7) is 2.08. The highest BCUT2D eigenvalue weighted by Gasteiger charge is 2.13. The molecule has 2 aromatic rings. The molecule has 12 heavy (non-hydrogen) atoms. The second kappa shape index (κ2) is 2.95. The minimum Gasteiger partial charge on any atom is -0.238 e. The van der Waals surface area contributed by atoms with E-state index in [1.54, 1.807) is 22.7 Å². The Morgan fingerprint density at radius 3 is 2.83 bits per heavy atom. The highest BCUT2D eigenvalue weighted by molar-refractivity contribution is 7.20. The van der Waals surface area contributed by atoms with E-state index in [0.29, 0.717) is 0 Å². The molecule has 2 rings (SSSR count). The number of aryl methyl sites for hydroxylation is 2. The topological polar surface area (TPSA) is 16.8 Å². The molecule has 0 atom stereocenters. The smallest absolute Gasteiger partial charge is 0.238 e. The van der Waals surface area contributed by atoms with Gasteiger partial charge in [-0.1, -0.05) is 11.3 Å². The largest absolute Gasteiger partial charge is 0.297 e. The SMILES string of the molecule is Cc1cnc(-c2scc[n+]2C)s1. The van der Waals surface area contributed by atoms with Gasteiger partial charge in [-0.2, -0.15) is 4.57 Å². The molecule has 2 aromatic heterocycles. The van der Waals surface area contributed by atoms with Crippen molar-refractivity contribution in [2.45, 2.75) is 6.92 Å². The molecule has 0 bridgehead atoms. The maximum absolute atomic E-state index is 4.33. The lowest BCUT2D eigenvalue weighted by molar-refractivity contribution is -0.655. The summed E-state index contributed by atoms with van der Waals surface area (Å²) in [4.78, 5) is 5.59. The fourth-order valence-electron chi connectivity index (χ4n) is 0.992. The molecule has 0 saturated carbocycles. The molecule has 0 saturated heterocycles. The first kappa shape index (κ1) is 7.89. The van der Waals surface area contributed by atoms with E-state index < -0.39 is 0 Å². The third-order valence-corrected chi connectivity index (χ3v) is 3.60. The zero-order chi connectivity index (χ0) is 8.55. The molecule has 0 fully saturated rings. The van der Waals surface area contributed by atoms with Crippen LogP contribution in [0.4, 0.5) is 0 Å². The van der Waals surface area contributed by atoms with E-state index in [1.165, 1.54) is 9.88 Å². The lowest BCUT2D eigenvalue weighted by Gasteiger charge is -1.84. The van der Waals surface area contributed by atoms with Gasteiger partial charge in [0.1, 0.15) is 7.05 Å². The second-order valence-corrected chi connectivity index (χ2v) is 4.72. The highest BCUT2D eigenvalue weighted by atomic mass is 32.1. The van der Waals surface area contributed by atoms with Gasteiger partial charge in [0.15, 0.2) is 11.2 Å². The Balaban J connectivity index is 2.50. The van der Waals surface area contributed by atoms with Crippen LogP contribution in [0.25, 0.3) is 10.0 Å². The van der Waals surface area contributed by atoms with Crippen LogP contribution in [-0.4, -0.2) is 4.98 Å². The predicted octanol–water partition coefficient (Wildman–Crippen LogP) is 2.00. The van der Waals surface area contributed by atoms with Crippen molar-refractivity contribution in [3.05, 3.63) is 22.7 Å². The van der Waals surface area contributed by atoms with Crippen LogP contribution < -0.4 is 4.57 Å². The Morgan fingerprint density at radius 1 is 1.50 bits per heavy atom. The molecule has 0 aliphatic carbocycles. The quantitative estimate of drug-likeness (QED) is 0.639. The standard InChI is InChI=1S/C8H9N2S2/c1-6-5-9-7(12-6)8-10(2)3-4-11-8/h3-5H,1-2H3/q+1. The van der Waals surface area contributed by atoms with Gasteiger partial charge in [0.2, 0.25) is 0 Å². The van der Waals surface area contributed by atoms with Crippen molar-refractivity contribution in [3.8, 4) is 10.0 Å². The Morgan fingerprint density at radius 2 is 2.33 bits per heavy atom. The van der Waals surface area contributed by atoms with Gasteiger partial charge in [0.25, 0.3) is 5.01 Å². The van der Waals surface area contributed by atoms with Gasteiger partial charge in [0, 0.05) is 11.1 Å². The molecule has 0 aliphatic rings. The third-order valence-electron chi connectivity index (χ3n) is 1.59. The highest BCUT2D eigenvalue weighted by Crippen LogP contribution is 2.24. The summed E-state index contributed by atoms with van der Waals surface area (Å²) in [7, 11) is 2.04. The number of hydrogen-bond acceptors (Lipinski definition) is 3. The van der Waals surface area contributed by atoms with Crippen LogP contribution in [-0.2, 0) is 7.05 Å². The van der Waals surface area contributed by atoms with Gasteiger partial charge in [-0.25, -0.2) is 4.98 Å². The van der Waals surface area contributed by atoms with E-state index in [4.69, 9.17) is 0 Å². The van der Waals surface area contributed by atoms with Crippen molar-refractivity contribution < 1.29 is 4.57 Å². The van der Waals surface area contributed by atoms with E-state index in [1.807, 2.05) is 13.2 Å². The molecule has 0 aromatic carbocycles. The maximum atomic E-state index is 4.33. The van der Waals surface area contributed by atoms with Crippen molar-refractivity contribution in [2.75, 3.05) is 0 Å². The molecular weight excluding hydrogens is 188 g/mol. The molecule has 4 heteroatoms. The summed E-state index contributed by atoms with van der Waals surface area (Å²) in [5.74, 6) is 0. The minimum atomic E-state index is 1.12. The van der Waals surface area contributed by atoms with Crippen LogP contribution in [0.15, 0.2) is 17.8 Å². The average molecular weight is 197 g/mol. The van der Waals surface area contributed by atoms with Crippen LogP contribution in [0.3, 0.4) is 0 Å². The van der Waals surface area contributed by atoms with Gasteiger partial charge in [-0.05, 0) is 6.92 Å². The maximum Gasteiger partial charge on any atom is 0.297 e. The fourth-order valence-corrected chi connectivity index (χ4v) is 2.76. The molecule has 0 amide bonds. The van der Waals surface area contributed by atoms with Crippen molar-refractivity contribution in [2.24, 2.45) is 7.05 Å². The number of hydrogen-bond donors (Lipinski definition) is 0. The zero-order valence-corrected chi connectivity index (χ0v) is 8.58. The van der Waals surface area contributed by atoms with E-state index in [0.717, 1.165) is 5.01 Å². The third kappa shape index (κ3) is 1.28. The summed E-state index contributed by atoms with van der Waals surface area (Å²) in [5.41, 5.74) is 0. The van der Waals surface area contributed by atoms with E-state index in [-0.39, 0.29) is 0 Å². The number of nitrogens with zero attached hydrogens (tertiary/aromatic N) is 2. The van der Waals surface area contributed by atoms with Crippen LogP contribution in [0, 0.1) is 6.92 Å². The molecule has 0 unspecified atom stereocenters. The van der Waals surface area contributed by atoms with Crippen LogP contribution >= 0.6 is 22.7 Å². The number of rotatable bonds is 1. The van der Waals surface area contributed by atoms with Crippen LogP contribution in [0.1, 0.15) is 4.88 Å². The zero-order valence-electron chi connectivity index (χ0n) is 6.94. The van der Waals surface area contributed by atoms with Gasteiger partial charge in [-0.3, -0.25) is 0 Å². The van der Waals surface area contributed by atoms with Gasteiger partial charge in [-0.15, -0.1) is 11.3 Å². The first-order valence-electron chi connectivity index (χ1n) is 3.63. The van der Waals surface area contributed by atoms with E-state index in [2.05, 4.69) is 28.1 Å². The first-order valence-corrected chi connectivity index (χ1v) is 5.33.